The van der Waals surface area contributed by atoms with Gasteiger partial charge in [0.15, 0.2) is 6.61 Å². The number of esters is 1. The lowest BCUT2D eigenvalue weighted by atomic mass is 10.2. The number of amides is 1. The summed E-state index contributed by atoms with van der Waals surface area (Å²) in [6.07, 6.45) is 0. The second kappa shape index (κ2) is 10.0. The van der Waals surface area contributed by atoms with Crippen molar-refractivity contribution in [3.63, 3.8) is 0 Å². The predicted octanol–water partition coefficient (Wildman–Crippen LogP) is 4.41. The molecular formula is C22H15N3O5S. The second-order valence-corrected chi connectivity index (χ2v) is 7.19. The summed E-state index contributed by atoms with van der Waals surface area (Å²) in [7, 11) is 0. The zero-order valence-electron chi connectivity index (χ0n) is 16.0. The van der Waals surface area contributed by atoms with E-state index in [1.807, 2.05) is 0 Å². The van der Waals surface area contributed by atoms with Crippen molar-refractivity contribution >= 4 is 35.0 Å². The molecule has 0 aromatic heterocycles. The Morgan fingerprint density at radius 3 is 2.39 bits per heavy atom. The number of nitriles is 1. The number of benzene rings is 3. The van der Waals surface area contributed by atoms with Crippen LogP contribution in [0.3, 0.4) is 0 Å². The minimum absolute atomic E-state index is 0.0117. The Labute approximate surface area is 181 Å². The molecule has 31 heavy (non-hydrogen) atoms. The molecule has 0 aliphatic rings. The fraction of sp³-hybridized carbons (Fsp3) is 0.0455. The summed E-state index contributed by atoms with van der Waals surface area (Å²) in [5, 5.41) is 22.7. The van der Waals surface area contributed by atoms with Gasteiger partial charge in [-0.15, -0.1) is 0 Å². The number of hydrogen-bond acceptors (Lipinski definition) is 7. The minimum atomic E-state index is -0.727. The highest BCUT2D eigenvalue weighted by molar-refractivity contribution is 7.99. The topological polar surface area (TPSA) is 122 Å². The molecule has 0 radical (unpaired) electrons. The molecule has 8 nitrogen and oxygen atoms in total. The van der Waals surface area contributed by atoms with Crippen LogP contribution in [0.5, 0.6) is 0 Å². The van der Waals surface area contributed by atoms with Crippen molar-refractivity contribution in [2.75, 3.05) is 11.9 Å². The minimum Gasteiger partial charge on any atom is -0.452 e. The fourth-order valence-electron chi connectivity index (χ4n) is 2.62. The number of ether oxygens (including phenoxy) is 1. The predicted molar refractivity (Wildman–Crippen MR) is 114 cm³/mol. The van der Waals surface area contributed by atoms with Gasteiger partial charge in [-0.05, 0) is 30.3 Å². The van der Waals surface area contributed by atoms with Crippen LogP contribution in [0, 0.1) is 21.4 Å². The SMILES string of the molecule is N#Cc1ccccc1Sc1ccccc1C(=O)OCC(=O)Nc1ccccc1[N+](=O)[O-]. The lowest BCUT2D eigenvalue weighted by molar-refractivity contribution is -0.383. The highest BCUT2D eigenvalue weighted by Crippen LogP contribution is 2.33. The Hall–Kier alpha value is -4.16. The smallest absolute Gasteiger partial charge is 0.339 e. The number of nitro groups is 1. The van der Waals surface area contributed by atoms with Gasteiger partial charge >= 0.3 is 5.97 Å². The highest BCUT2D eigenvalue weighted by atomic mass is 32.2. The Morgan fingerprint density at radius 2 is 1.65 bits per heavy atom. The summed E-state index contributed by atoms with van der Waals surface area (Å²) in [5.74, 6) is -1.43. The number of nitro benzene ring substituents is 1. The Bertz CT molecular complexity index is 1190. The van der Waals surface area contributed by atoms with Gasteiger partial charge in [-0.25, -0.2) is 4.79 Å². The molecule has 0 unspecified atom stereocenters. The molecule has 0 bridgehead atoms. The van der Waals surface area contributed by atoms with Crippen LogP contribution in [0.1, 0.15) is 15.9 Å². The molecule has 0 spiro atoms. The summed E-state index contributed by atoms with van der Waals surface area (Å²) in [6.45, 7) is -0.612. The Kier molecular flexibility index (Phi) is 6.98. The van der Waals surface area contributed by atoms with Crippen molar-refractivity contribution in [1.82, 2.24) is 0 Å². The number of para-hydroxylation sites is 2. The molecule has 0 aliphatic heterocycles. The molecule has 0 fully saturated rings. The third-order valence-electron chi connectivity index (χ3n) is 4.04. The lowest BCUT2D eigenvalue weighted by Gasteiger charge is -2.10. The van der Waals surface area contributed by atoms with Gasteiger partial charge in [0, 0.05) is 15.9 Å². The van der Waals surface area contributed by atoms with Gasteiger partial charge in [-0.1, -0.05) is 48.2 Å². The van der Waals surface area contributed by atoms with Gasteiger partial charge in [0.1, 0.15) is 11.8 Å². The van der Waals surface area contributed by atoms with Crippen LogP contribution in [-0.2, 0) is 9.53 Å². The zero-order chi connectivity index (χ0) is 22.2. The average Bonchev–Trinajstić information content (AvgIpc) is 2.78. The lowest BCUT2D eigenvalue weighted by Crippen LogP contribution is -2.21. The summed E-state index contributed by atoms with van der Waals surface area (Å²) in [6, 6.07) is 21.4. The summed E-state index contributed by atoms with van der Waals surface area (Å²) in [5.41, 5.74) is 0.455. The largest absolute Gasteiger partial charge is 0.452 e. The van der Waals surface area contributed by atoms with Crippen LogP contribution in [-0.4, -0.2) is 23.4 Å². The monoisotopic (exact) mass is 433 g/mol. The van der Waals surface area contributed by atoms with E-state index in [4.69, 9.17) is 4.74 Å². The molecule has 3 rings (SSSR count). The summed E-state index contributed by atoms with van der Waals surface area (Å²) < 4.78 is 5.10. The number of rotatable bonds is 7. The van der Waals surface area contributed by atoms with Gasteiger partial charge in [0.25, 0.3) is 11.6 Å². The molecule has 0 atom stereocenters. The number of anilines is 1. The van der Waals surface area contributed by atoms with Crippen molar-refractivity contribution < 1.29 is 19.2 Å². The molecule has 0 saturated heterocycles. The Morgan fingerprint density at radius 1 is 1.00 bits per heavy atom. The van der Waals surface area contributed by atoms with E-state index in [0.717, 1.165) is 0 Å². The third-order valence-corrected chi connectivity index (χ3v) is 5.20. The van der Waals surface area contributed by atoms with E-state index in [1.54, 1.807) is 54.6 Å². The molecule has 3 aromatic carbocycles. The van der Waals surface area contributed by atoms with E-state index in [9.17, 15) is 25.0 Å². The number of carbonyl (C=O) groups is 2. The molecule has 3 aromatic rings. The van der Waals surface area contributed by atoms with Crippen molar-refractivity contribution in [3.8, 4) is 6.07 Å². The van der Waals surface area contributed by atoms with Crippen LogP contribution in [0.25, 0.3) is 0 Å². The van der Waals surface area contributed by atoms with E-state index in [-0.39, 0.29) is 16.9 Å². The van der Waals surface area contributed by atoms with Crippen LogP contribution in [0.15, 0.2) is 82.6 Å². The van der Waals surface area contributed by atoms with E-state index >= 15 is 0 Å². The zero-order valence-corrected chi connectivity index (χ0v) is 16.8. The number of hydrogen-bond donors (Lipinski definition) is 1. The van der Waals surface area contributed by atoms with Gasteiger partial charge in [-0.3, -0.25) is 14.9 Å². The fourth-order valence-corrected chi connectivity index (χ4v) is 3.64. The molecule has 9 heteroatoms. The van der Waals surface area contributed by atoms with Gasteiger partial charge in [0.05, 0.1) is 16.1 Å². The molecule has 0 aliphatic carbocycles. The molecule has 0 saturated carbocycles. The summed E-state index contributed by atoms with van der Waals surface area (Å²) >= 11 is 1.24. The van der Waals surface area contributed by atoms with Crippen molar-refractivity contribution in [1.29, 1.82) is 5.26 Å². The van der Waals surface area contributed by atoms with Crippen molar-refractivity contribution in [2.45, 2.75) is 9.79 Å². The maximum atomic E-state index is 12.6. The van der Waals surface area contributed by atoms with E-state index in [2.05, 4.69) is 11.4 Å². The average molecular weight is 433 g/mol. The van der Waals surface area contributed by atoms with E-state index < -0.39 is 23.4 Å². The third kappa shape index (κ3) is 5.46. The van der Waals surface area contributed by atoms with Crippen molar-refractivity contribution in [3.05, 3.63) is 94.0 Å². The normalized spacial score (nSPS) is 10.0. The first-order valence-corrected chi connectivity index (χ1v) is 9.77. The number of nitrogens with one attached hydrogen (secondary N) is 1. The first-order valence-electron chi connectivity index (χ1n) is 8.96. The Balaban J connectivity index is 1.69. The quantitative estimate of drug-likeness (QED) is 0.332. The first kappa shape index (κ1) is 21.5. The van der Waals surface area contributed by atoms with Gasteiger partial charge in [0.2, 0.25) is 0 Å². The van der Waals surface area contributed by atoms with Crippen LogP contribution in [0.2, 0.25) is 0 Å². The van der Waals surface area contributed by atoms with Gasteiger partial charge < -0.3 is 10.1 Å². The maximum Gasteiger partial charge on any atom is 0.339 e. The molecule has 1 amide bonds. The number of carbonyl (C=O) groups excluding carboxylic acids is 2. The second-order valence-electron chi connectivity index (χ2n) is 6.10. The molecule has 0 heterocycles. The molecule has 1 N–H and O–H groups in total. The van der Waals surface area contributed by atoms with Crippen LogP contribution < -0.4 is 5.32 Å². The van der Waals surface area contributed by atoms with Crippen LogP contribution in [0.4, 0.5) is 11.4 Å². The molecular weight excluding hydrogens is 418 g/mol. The van der Waals surface area contributed by atoms with Gasteiger partial charge in [-0.2, -0.15) is 5.26 Å². The summed E-state index contributed by atoms with van der Waals surface area (Å²) in [4.78, 5) is 36.3. The number of nitrogens with zero attached hydrogens (tertiary/aromatic N) is 2. The van der Waals surface area contributed by atoms with Crippen molar-refractivity contribution in [2.24, 2.45) is 0 Å². The maximum absolute atomic E-state index is 12.6. The van der Waals surface area contributed by atoms with E-state index in [1.165, 1.54) is 30.0 Å². The van der Waals surface area contributed by atoms with Crippen LogP contribution >= 0.6 is 11.8 Å². The molecule has 154 valence electrons. The highest BCUT2D eigenvalue weighted by Gasteiger charge is 2.18. The first-order chi connectivity index (χ1) is 15.0. The van der Waals surface area contributed by atoms with E-state index in [0.29, 0.717) is 15.4 Å². The standard InChI is InChI=1S/C22H15N3O5S/c23-13-15-7-1-5-11-19(15)31-20-12-6-2-8-16(20)22(27)30-14-21(26)24-17-9-3-4-10-18(17)25(28)29/h1-12H,14H2,(H,24,26).